The van der Waals surface area contributed by atoms with Crippen LogP contribution in [0.3, 0.4) is 0 Å². The molecule has 2 aliphatic rings. The summed E-state index contributed by atoms with van der Waals surface area (Å²) in [6.45, 7) is 4.12. The van der Waals surface area contributed by atoms with E-state index in [1.807, 2.05) is 30.3 Å². The Labute approximate surface area is 148 Å². The molecule has 3 rings (SSSR count). The van der Waals surface area contributed by atoms with Gasteiger partial charge in [0.15, 0.2) is 0 Å². The van der Waals surface area contributed by atoms with Crippen LogP contribution < -0.4 is 0 Å². The molecular formula is C20H25NO2S. The number of hydrogen-bond donors (Lipinski definition) is 0. The van der Waals surface area contributed by atoms with Crippen molar-refractivity contribution < 1.29 is 9.59 Å². The first-order valence-corrected chi connectivity index (χ1v) is 9.82. The molecular weight excluding hydrogens is 318 g/mol. The summed E-state index contributed by atoms with van der Waals surface area (Å²) in [5, 5.41) is 0.268. The fourth-order valence-corrected chi connectivity index (χ4v) is 4.57. The summed E-state index contributed by atoms with van der Waals surface area (Å²) in [5.74, 6) is -0.175. The van der Waals surface area contributed by atoms with Crippen molar-refractivity contribution in [1.82, 2.24) is 4.90 Å². The molecule has 1 fully saturated rings. The van der Waals surface area contributed by atoms with Gasteiger partial charge in [0.1, 0.15) is 0 Å². The molecule has 1 aliphatic heterocycles. The molecule has 4 heteroatoms. The van der Waals surface area contributed by atoms with Crippen LogP contribution in [-0.2, 0) is 9.59 Å². The third kappa shape index (κ3) is 3.44. The molecule has 1 aromatic rings. The van der Waals surface area contributed by atoms with Crippen LogP contribution in [0.5, 0.6) is 0 Å². The van der Waals surface area contributed by atoms with E-state index in [1.165, 1.54) is 24.6 Å². The molecule has 0 spiro atoms. The van der Waals surface area contributed by atoms with Crippen LogP contribution in [0.4, 0.5) is 0 Å². The first kappa shape index (κ1) is 17.3. The highest BCUT2D eigenvalue weighted by molar-refractivity contribution is 8.04. The minimum Gasteiger partial charge on any atom is -0.271 e. The first-order chi connectivity index (χ1) is 11.6. The van der Waals surface area contributed by atoms with Crippen molar-refractivity contribution in [3.8, 4) is 0 Å². The fraction of sp³-hybridized carbons (Fsp3) is 0.500. The van der Waals surface area contributed by atoms with Crippen molar-refractivity contribution in [2.24, 2.45) is 0 Å². The molecule has 24 heavy (non-hydrogen) atoms. The molecule has 0 atom stereocenters. The SMILES string of the molecule is CC(C)SC1=C(c2ccccc2)C(=O)N(C2CCCCCC2)C1=O. The molecule has 0 aromatic heterocycles. The van der Waals surface area contributed by atoms with E-state index in [-0.39, 0.29) is 23.1 Å². The highest BCUT2D eigenvalue weighted by atomic mass is 32.2. The zero-order valence-electron chi connectivity index (χ0n) is 14.5. The molecule has 0 radical (unpaired) electrons. The molecule has 0 bridgehead atoms. The zero-order valence-corrected chi connectivity index (χ0v) is 15.3. The largest absolute Gasteiger partial charge is 0.271 e. The lowest BCUT2D eigenvalue weighted by molar-refractivity contribution is -0.139. The van der Waals surface area contributed by atoms with Gasteiger partial charge in [0.25, 0.3) is 11.8 Å². The van der Waals surface area contributed by atoms with E-state index in [0.717, 1.165) is 31.2 Å². The Kier molecular flexibility index (Phi) is 5.44. The average Bonchev–Trinajstić information content (AvgIpc) is 2.76. The number of thioether (sulfide) groups is 1. The van der Waals surface area contributed by atoms with Crippen molar-refractivity contribution in [3.63, 3.8) is 0 Å². The van der Waals surface area contributed by atoms with Gasteiger partial charge >= 0.3 is 0 Å². The van der Waals surface area contributed by atoms with E-state index in [2.05, 4.69) is 13.8 Å². The zero-order chi connectivity index (χ0) is 17.1. The molecule has 0 saturated heterocycles. The Morgan fingerprint density at radius 2 is 1.58 bits per heavy atom. The van der Waals surface area contributed by atoms with Crippen LogP contribution in [0.25, 0.3) is 5.57 Å². The monoisotopic (exact) mass is 343 g/mol. The maximum absolute atomic E-state index is 13.2. The highest BCUT2D eigenvalue weighted by Crippen LogP contribution is 2.40. The van der Waals surface area contributed by atoms with Crippen LogP contribution in [-0.4, -0.2) is 28.0 Å². The Morgan fingerprint density at radius 3 is 2.17 bits per heavy atom. The van der Waals surface area contributed by atoms with Crippen LogP contribution in [0.1, 0.15) is 57.9 Å². The lowest BCUT2D eigenvalue weighted by atomic mass is 10.0. The molecule has 2 amide bonds. The van der Waals surface area contributed by atoms with Crippen LogP contribution in [0.15, 0.2) is 35.2 Å². The first-order valence-electron chi connectivity index (χ1n) is 8.94. The van der Waals surface area contributed by atoms with Gasteiger partial charge < -0.3 is 0 Å². The minimum absolute atomic E-state index is 0.0662. The van der Waals surface area contributed by atoms with Crippen LogP contribution in [0.2, 0.25) is 0 Å². The number of carbonyl (C=O) groups is 2. The Hall–Kier alpha value is -1.55. The van der Waals surface area contributed by atoms with Crippen molar-refractivity contribution in [1.29, 1.82) is 0 Å². The molecule has 1 saturated carbocycles. The summed E-state index contributed by atoms with van der Waals surface area (Å²) in [5.41, 5.74) is 1.46. The summed E-state index contributed by atoms with van der Waals surface area (Å²) in [7, 11) is 0. The molecule has 1 heterocycles. The van der Waals surface area contributed by atoms with Gasteiger partial charge in [-0.1, -0.05) is 69.9 Å². The molecule has 0 N–H and O–H groups in total. The van der Waals surface area contributed by atoms with Crippen LogP contribution in [0, 0.1) is 0 Å². The molecule has 0 unspecified atom stereocenters. The lowest BCUT2D eigenvalue weighted by Crippen LogP contribution is -2.40. The van der Waals surface area contributed by atoms with Gasteiger partial charge in [-0.2, -0.15) is 0 Å². The summed E-state index contributed by atoms with van der Waals surface area (Å²) >= 11 is 1.52. The number of benzene rings is 1. The van der Waals surface area contributed by atoms with Gasteiger partial charge in [-0.15, -0.1) is 11.8 Å². The quantitative estimate of drug-likeness (QED) is 0.591. The maximum atomic E-state index is 13.2. The van der Waals surface area contributed by atoms with Gasteiger partial charge in [-0.25, -0.2) is 0 Å². The third-order valence-corrected chi connectivity index (χ3v) is 5.76. The van der Waals surface area contributed by atoms with Gasteiger partial charge in [0, 0.05) is 11.3 Å². The number of rotatable bonds is 4. The number of nitrogens with zero attached hydrogens (tertiary/aromatic N) is 1. The topological polar surface area (TPSA) is 37.4 Å². The summed E-state index contributed by atoms with van der Waals surface area (Å²) in [6, 6.07) is 9.70. The predicted octanol–water partition coefficient (Wildman–Crippen LogP) is 4.63. The number of amides is 2. The van der Waals surface area contributed by atoms with Crippen LogP contribution >= 0.6 is 11.8 Å². The van der Waals surface area contributed by atoms with Gasteiger partial charge in [-0.3, -0.25) is 14.5 Å². The summed E-state index contributed by atoms with van der Waals surface area (Å²) in [6.07, 6.45) is 6.51. The van der Waals surface area contributed by atoms with E-state index in [1.54, 1.807) is 4.90 Å². The van der Waals surface area contributed by atoms with E-state index in [0.29, 0.717) is 10.5 Å². The van der Waals surface area contributed by atoms with Crippen molar-refractivity contribution >= 4 is 29.1 Å². The van der Waals surface area contributed by atoms with Gasteiger partial charge in [0.2, 0.25) is 0 Å². The van der Waals surface area contributed by atoms with Crippen molar-refractivity contribution in [2.75, 3.05) is 0 Å². The Balaban J connectivity index is 1.97. The van der Waals surface area contributed by atoms with Gasteiger partial charge in [0.05, 0.1) is 10.5 Å². The second-order valence-corrected chi connectivity index (χ2v) is 8.45. The fourth-order valence-electron chi connectivity index (χ4n) is 3.58. The lowest BCUT2D eigenvalue weighted by Gasteiger charge is -2.25. The standard InChI is InChI=1S/C20H25NO2S/c1-14(2)24-18-17(15-10-6-5-7-11-15)19(22)21(20(18)23)16-12-8-3-4-9-13-16/h5-7,10-11,14,16H,3-4,8-9,12-13H2,1-2H3. The normalized spacial score (nSPS) is 20.2. The summed E-state index contributed by atoms with van der Waals surface area (Å²) in [4.78, 5) is 28.4. The number of carbonyl (C=O) groups excluding carboxylic acids is 2. The summed E-state index contributed by atoms with van der Waals surface area (Å²) < 4.78 is 0. The Bertz CT molecular complexity index is 643. The van der Waals surface area contributed by atoms with E-state index >= 15 is 0 Å². The average molecular weight is 343 g/mol. The molecule has 3 nitrogen and oxygen atoms in total. The molecule has 128 valence electrons. The Morgan fingerprint density at radius 1 is 0.958 bits per heavy atom. The van der Waals surface area contributed by atoms with Gasteiger partial charge in [-0.05, 0) is 18.4 Å². The van der Waals surface area contributed by atoms with E-state index < -0.39 is 0 Å². The maximum Gasteiger partial charge on any atom is 0.268 e. The van der Waals surface area contributed by atoms with Crippen molar-refractivity contribution in [2.45, 2.75) is 63.7 Å². The minimum atomic E-state index is -0.0961. The number of imide groups is 1. The third-order valence-electron chi connectivity index (χ3n) is 4.68. The van der Waals surface area contributed by atoms with E-state index in [4.69, 9.17) is 0 Å². The highest BCUT2D eigenvalue weighted by Gasteiger charge is 2.42. The number of hydrogen-bond acceptors (Lipinski definition) is 3. The predicted molar refractivity (Wildman–Crippen MR) is 99.4 cm³/mol. The second kappa shape index (κ2) is 7.56. The van der Waals surface area contributed by atoms with Crippen molar-refractivity contribution in [3.05, 3.63) is 40.8 Å². The second-order valence-electron chi connectivity index (χ2n) is 6.86. The molecule has 1 aromatic carbocycles. The molecule has 1 aliphatic carbocycles. The van der Waals surface area contributed by atoms with E-state index in [9.17, 15) is 9.59 Å². The smallest absolute Gasteiger partial charge is 0.268 e.